The van der Waals surface area contributed by atoms with Gasteiger partial charge in [0.25, 0.3) is 0 Å². The Kier molecular flexibility index (Phi) is 3.87. The number of nitrogens with zero attached hydrogens (tertiary/aromatic N) is 2. The van der Waals surface area contributed by atoms with E-state index >= 15 is 0 Å². The summed E-state index contributed by atoms with van der Waals surface area (Å²) in [7, 11) is 0. The van der Waals surface area contributed by atoms with Crippen molar-refractivity contribution in [2.75, 3.05) is 0 Å². The fraction of sp³-hybridized carbons (Fsp3) is 0.333. The van der Waals surface area contributed by atoms with Crippen LogP contribution < -0.4 is 0 Å². The molecule has 1 atom stereocenters. The molecule has 0 heterocycles. The van der Waals surface area contributed by atoms with E-state index in [0.717, 1.165) is 5.56 Å². The Hall–Kier alpha value is -1.62. The molecule has 0 aliphatic heterocycles. The van der Waals surface area contributed by atoms with Crippen LogP contribution in [0.15, 0.2) is 35.3 Å². The molecule has 0 amide bonds. The van der Waals surface area contributed by atoms with Crippen LogP contribution >= 0.6 is 0 Å². The van der Waals surface area contributed by atoms with Gasteiger partial charge in [0, 0.05) is 6.21 Å². The molecule has 14 heavy (non-hydrogen) atoms. The van der Waals surface area contributed by atoms with E-state index in [1.165, 1.54) is 0 Å². The van der Waals surface area contributed by atoms with Gasteiger partial charge in [0.05, 0.1) is 6.07 Å². The average Bonchev–Trinajstić information content (AvgIpc) is 2.20. The number of rotatable bonds is 3. The molecule has 0 aliphatic carbocycles. The smallest absolute Gasteiger partial charge is 0.138 e. The molecule has 0 radical (unpaired) electrons. The molecule has 0 saturated carbocycles. The monoisotopic (exact) mass is 186 g/mol. The molecule has 1 rings (SSSR count). The normalized spacial score (nSPS) is 13.0. The largest absolute Gasteiger partial charge is 0.274 e. The lowest BCUT2D eigenvalue weighted by atomic mass is 10.1. The first-order valence-corrected chi connectivity index (χ1v) is 4.72. The van der Waals surface area contributed by atoms with Crippen LogP contribution in [-0.2, 0) is 0 Å². The van der Waals surface area contributed by atoms with Gasteiger partial charge in [0.2, 0.25) is 0 Å². The lowest BCUT2D eigenvalue weighted by Crippen LogP contribution is -2.09. The van der Waals surface area contributed by atoms with Gasteiger partial charge in [-0.25, -0.2) is 0 Å². The van der Waals surface area contributed by atoms with Crippen molar-refractivity contribution in [2.24, 2.45) is 10.9 Å². The van der Waals surface area contributed by atoms with Crippen LogP contribution in [0, 0.1) is 17.2 Å². The van der Waals surface area contributed by atoms with E-state index < -0.39 is 0 Å². The molecular formula is C12H14N2. The summed E-state index contributed by atoms with van der Waals surface area (Å²) in [6, 6.07) is 11.7. The van der Waals surface area contributed by atoms with Gasteiger partial charge in [0.15, 0.2) is 0 Å². The molecule has 0 aromatic heterocycles. The van der Waals surface area contributed by atoms with Crippen LogP contribution in [0.2, 0.25) is 0 Å². The number of hydrogen-bond acceptors (Lipinski definition) is 2. The lowest BCUT2D eigenvalue weighted by molar-refractivity contribution is 0.583. The van der Waals surface area contributed by atoms with E-state index in [2.05, 4.69) is 11.1 Å². The maximum absolute atomic E-state index is 8.81. The summed E-state index contributed by atoms with van der Waals surface area (Å²) in [6.07, 6.45) is 1.76. The zero-order chi connectivity index (χ0) is 10.4. The Morgan fingerprint density at radius 1 is 1.29 bits per heavy atom. The minimum Gasteiger partial charge on any atom is -0.274 e. The molecule has 2 heteroatoms. The predicted octanol–water partition coefficient (Wildman–Crippen LogP) is 2.65. The van der Waals surface area contributed by atoms with Crippen molar-refractivity contribution in [2.45, 2.75) is 19.9 Å². The van der Waals surface area contributed by atoms with E-state index in [9.17, 15) is 0 Å². The van der Waals surface area contributed by atoms with Gasteiger partial charge < -0.3 is 0 Å². The fourth-order valence-corrected chi connectivity index (χ4v) is 1.06. The first-order valence-electron chi connectivity index (χ1n) is 4.72. The van der Waals surface area contributed by atoms with E-state index in [0.29, 0.717) is 0 Å². The van der Waals surface area contributed by atoms with E-state index in [-0.39, 0.29) is 12.0 Å². The maximum Gasteiger partial charge on any atom is 0.138 e. The highest BCUT2D eigenvalue weighted by Gasteiger charge is 2.08. The van der Waals surface area contributed by atoms with Crippen molar-refractivity contribution in [3.63, 3.8) is 0 Å². The standard InChI is InChI=1S/C12H14N2/c1-10(2)12(8-13)14-9-11-6-4-3-5-7-11/h3-7,9-10,12H,1-2H3. The van der Waals surface area contributed by atoms with Crippen molar-refractivity contribution in [1.82, 2.24) is 0 Å². The molecule has 0 N–H and O–H groups in total. The highest BCUT2D eigenvalue weighted by atomic mass is 14.8. The maximum atomic E-state index is 8.81. The average molecular weight is 186 g/mol. The van der Waals surface area contributed by atoms with Gasteiger partial charge in [-0.3, -0.25) is 4.99 Å². The van der Waals surface area contributed by atoms with Crippen molar-refractivity contribution >= 4 is 6.21 Å². The Morgan fingerprint density at radius 3 is 2.43 bits per heavy atom. The van der Waals surface area contributed by atoms with E-state index in [1.54, 1.807) is 6.21 Å². The van der Waals surface area contributed by atoms with Crippen molar-refractivity contribution < 1.29 is 0 Å². The summed E-state index contributed by atoms with van der Waals surface area (Å²) in [5.41, 5.74) is 1.04. The van der Waals surface area contributed by atoms with Crippen LogP contribution in [0.25, 0.3) is 0 Å². The SMILES string of the molecule is CC(C)C(C#N)N=Cc1ccccc1. The zero-order valence-corrected chi connectivity index (χ0v) is 8.51. The first-order chi connectivity index (χ1) is 6.74. The third-order valence-electron chi connectivity index (χ3n) is 1.95. The second-order valence-corrected chi connectivity index (χ2v) is 3.51. The minimum atomic E-state index is -0.241. The number of benzene rings is 1. The second-order valence-electron chi connectivity index (χ2n) is 3.51. The predicted molar refractivity (Wildman–Crippen MR) is 58.3 cm³/mol. The highest BCUT2D eigenvalue weighted by Crippen LogP contribution is 2.05. The molecule has 2 nitrogen and oxygen atoms in total. The van der Waals surface area contributed by atoms with Crippen LogP contribution in [-0.4, -0.2) is 12.3 Å². The van der Waals surface area contributed by atoms with Crippen LogP contribution in [0.1, 0.15) is 19.4 Å². The van der Waals surface area contributed by atoms with Crippen LogP contribution in [0.3, 0.4) is 0 Å². The van der Waals surface area contributed by atoms with E-state index in [4.69, 9.17) is 5.26 Å². The summed E-state index contributed by atoms with van der Waals surface area (Å²) in [5, 5.41) is 8.81. The van der Waals surface area contributed by atoms with Gasteiger partial charge in [-0.1, -0.05) is 44.2 Å². The fourth-order valence-electron chi connectivity index (χ4n) is 1.06. The molecule has 1 aromatic rings. The minimum absolute atomic E-state index is 0.241. The summed E-state index contributed by atoms with van der Waals surface area (Å²) < 4.78 is 0. The van der Waals surface area contributed by atoms with Crippen LogP contribution in [0.5, 0.6) is 0 Å². The molecule has 1 unspecified atom stereocenters. The first kappa shape index (κ1) is 10.5. The van der Waals surface area contributed by atoms with E-state index in [1.807, 2.05) is 44.2 Å². The molecular weight excluding hydrogens is 172 g/mol. The number of hydrogen-bond donors (Lipinski definition) is 0. The Morgan fingerprint density at radius 2 is 1.93 bits per heavy atom. The van der Waals surface area contributed by atoms with Gasteiger partial charge in [-0.15, -0.1) is 0 Å². The summed E-state index contributed by atoms with van der Waals surface area (Å²) >= 11 is 0. The van der Waals surface area contributed by atoms with Crippen molar-refractivity contribution in [3.05, 3.63) is 35.9 Å². The lowest BCUT2D eigenvalue weighted by Gasteiger charge is -2.06. The summed E-state index contributed by atoms with van der Waals surface area (Å²) in [4.78, 5) is 4.23. The number of aliphatic imine (C=N–C) groups is 1. The Bertz CT molecular complexity index is 333. The van der Waals surface area contributed by atoms with Crippen molar-refractivity contribution in [1.29, 1.82) is 5.26 Å². The molecule has 0 fully saturated rings. The summed E-state index contributed by atoms with van der Waals surface area (Å²) in [5.74, 6) is 0.264. The van der Waals surface area contributed by atoms with Gasteiger partial charge in [-0.05, 0) is 11.5 Å². The van der Waals surface area contributed by atoms with Gasteiger partial charge in [0.1, 0.15) is 6.04 Å². The van der Waals surface area contributed by atoms with Gasteiger partial charge >= 0.3 is 0 Å². The molecule has 72 valence electrons. The molecule has 1 aromatic carbocycles. The molecule has 0 aliphatic rings. The molecule has 0 bridgehead atoms. The van der Waals surface area contributed by atoms with Crippen LogP contribution in [0.4, 0.5) is 0 Å². The topological polar surface area (TPSA) is 36.1 Å². The Balaban J connectivity index is 2.69. The third-order valence-corrected chi connectivity index (χ3v) is 1.95. The summed E-state index contributed by atoms with van der Waals surface area (Å²) in [6.45, 7) is 3.99. The molecule has 0 saturated heterocycles. The highest BCUT2D eigenvalue weighted by molar-refractivity contribution is 5.79. The molecule has 0 spiro atoms. The quantitative estimate of drug-likeness (QED) is 0.668. The third kappa shape index (κ3) is 3.02. The second kappa shape index (κ2) is 5.18. The van der Waals surface area contributed by atoms with Crippen molar-refractivity contribution in [3.8, 4) is 6.07 Å². The van der Waals surface area contributed by atoms with Gasteiger partial charge in [-0.2, -0.15) is 5.26 Å². The Labute approximate surface area is 84.9 Å². The number of nitriles is 1. The zero-order valence-electron chi connectivity index (χ0n) is 8.51.